The van der Waals surface area contributed by atoms with Gasteiger partial charge < -0.3 is 5.73 Å². The number of amides is 1. The molecule has 1 aromatic rings. The third-order valence-corrected chi connectivity index (χ3v) is 1.52. The lowest BCUT2D eigenvalue weighted by atomic mass is 10.6. The van der Waals surface area contributed by atoms with Crippen molar-refractivity contribution >= 4 is 18.5 Å². The Morgan fingerprint density at radius 3 is 2.90 bits per heavy atom. The molecule has 0 bridgehead atoms. The lowest BCUT2D eigenvalue weighted by molar-refractivity contribution is -0.119. The van der Waals surface area contributed by atoms with Crippen molar-refractivity contribution < 1.29 is 4.79 Å². The minimum Gasteiger partial charge on any atom is -0.367 e. The van der Waals surface area contributed by atoms with Crippen LogP contribution in [0, 0.1) is 0 Å². The fourth-order valence-electron chi connectivity index (χ4n) is 0.556. The highest BCUT2D eigenvalue weighted by molar-refractivity contribution is 7.81. The van der Waals surface area contributed by atoms with Crippen LogP contribution in [-0.2, 0) is 4.79 Å². The van der Waals surface area contributed by atoms with Crippen molar-refractivity contribution in [1.29, 1.82) is 0 Å². The highest BCUT2D eigenvalue weighted by Gasteiger charge is 2.10. The largest absolute Gasteiger partial charge is 0.367 e. The molecular formula is C5H7N3OS. The van der Waals surface area contributed by atoms with Gasteiger partial charge in [0.2, 0.25) is 0 Å². The predicted octanol–water partition coefficient (Wildman–Crippen LogP) is -0.203. The Hall–Kier alpha value is -0.970. The highest BCUT2D eigenvalue weighted by atomic mass is 32.1. The van der Waals surface area contributed by atoms with E-state index in [1.165, 1.54) is 4.68 Å². The summed E-state index contributed by atoms with van der Waals surface area (Å²) in [4.78, 5) is 10.5. The third kappa shape index (κ3) is 1.30. The molecule has 5 heteroatoms. The summed E-state index contributed by atoms with van der Waals surface area (Å²) in [7, 11) is 0. The number of aromatic nitrogens is 2. The van der Waals surface area contributed by atoms with Gasteiger partial charge in [-0.25, -0.2) is 0 Å². The molecule has 0 aliphatic rings. The fraction of sp³-hybridized carbons (Fsp3) is 0.200. The third-order valence-electron chi connectivity index (χ3n) is 1.03. The second kappa shape index (κ2) is 2.74. The topological polar surface area (TPSA) is 60.9 Å². The molecular weight excluding hydrogens is 150 g/mol. The maximum Gasteiger partial charge on any atom is 0.252 e. The lowest BCUT2D eigenvalue weighted by Gasteiger charge is -2.04. The zero-order valence-corrected chi connectivity index (χ0v) is 6.03. The molecule has 10 heavy (non-hydrogen) atoms. The molecule has 1 aromatic heterocycles. The van der Waals surface area contributed by atoms with Crippen LogP contribution < -0.4 is 5.73 Å². The molecule has 1 heterocycles. The van der Waals surface area contributed by atoms with E-state index in [4.69, 9.17) is 5.73 Å². The quantitative estimate of drug-likeness (QED) is 0.584. The minimum absolute atomic E-state index is 0.507. The normalized spacial score (nSPS) is 12.9. The van der Waals surface area contributed by atoms with Crippen molar-refractivity contribution in [2.24, 2.45) is 5.73 Å². The van der Waals surface area contributed by atoms with Gasteiger partial charge in [0.05, 0.1) is 0 Å². The van der Waals surface area contributed by atoms with Gasteiger partial charge in [0.15, 0.2) is 5.37 Å². The van der Waals surface area contributed by atoms with E-state index in [2.05, 4.69) is 17.7 Å². The molecule has 1 unspecified atom stereocenters. The van der Waals surface area contributed by atoms with Gasteiger partial charge in [-0.15, -0.1) is 12.6 Å². The maximum absolute atomic E-state index is 10.5. The van der Waals surface area contributed by atoms with E-state index in [0.29, 0.717) is 0 Å². The van der Waals surface area contributed by atoms with E-state index in [1.807, 2.05) is 0 Å². The van der Waals surface area contributed by atoms with Gasteiger partial charge in [-0.3, -0.25) is 9.48 Å². The summed E-state index contributed by atoms with van der Waals surface area (Å²) in [6.45, 7) is 0. The first kappa shape index (κ1) is 7.14. The predicted molar refractivity (Wildman–Crippen MR) is 39.4 cm³/mol. The SMILES string of the molecule is NC(=O)C(S)n1cccn1. The van der Waals surface area contributed by atoms with Crippen molar-refractivity contribution in [1.82, 2.24) is 9.78 Å². The monoisotopic (exact) mass is 157 g/mol. The number of hydrogen-bond acceptors (Lipinski definition) is 3. The van der Waals surface area contributed by atoms with Crippen LogP contribution in [0.15, 0.2) is 18.5 Å². The Balaban J connectivity index is 2.77. The van der Waals surface area contributed by atoms with Crippen molar-refractivity contribution in [3.63, 3.8) is 0 Å². The van der Waals surface area contributed by atoms with Crippen LogP contribution in [0.25, 0.3) is 0 Å². The molecule has 0 saturated heterocycles. The first-order valence-electron chi connectivity index (χ1n) is 2.68. The van der Waals surface area contributed by atoms with Gasteiger partial charge in [-0.2, -0.15) is 5.10 Å². The summed E-state index contributed by atoms with van der Waals surface area (Å²) >= 11 is 3.91. The Morgan fingerprint density at radius 2 is 2.50 bits per heavy atom. The van der Waals surface area contributed by atoms with Gasteiger partial charge in [-0.05, 0) is 6.07 Å². The van der Waals surface area contributed by atoms with E-state index in [9.17, 15) is 4.79 Å². The lowest BCUT2D eigenvalue weighted by Crippen LogP contribution is -2.22. The van der Waals surface area contributed by atoms with Crippen LogP contribution in [-0.4, -0.2) is 15.7 Å². The van der Waals surface area contributed by atoms with Crippen LogP contribution in [0.1, 0.15) is 5.37 Å². The molecule has 0 spiro atoms. The number of primary amides is 1. The van der Waals surface area contributed by atoms with Crippen LogP contribution >= 0.6 is 12.6 Å². The fourth-order valence-corrected chi connectivity index (χ4v) is 0.692. The summed E-state index contributed by atoms with van der Waals surface area (Å²) in [6, 6.07) is 1.70. The molecule has 0 aliphatic heterocycles. The van der Waals surface area contributed by atoms with E-state index < -0.39 is 11.3 Å². The van der Waals surface area contributed by atoms with Crippen molar-refractivity contribution in [2.75, 3.05) is 0 Å². The van der Waals surface area contributed by atoms with Gasteiger partial charge in [0.25, 0.3) is 5.91 Å². The number of hydrogen-bond donors (Lipinski definition) is 2. The van der Waals surface area contributed by atoms with Gasteiger partial charge in [-0.1, -0.05) is 0 Å². The Morgan fingerprint density at radius 1 is 1.80 bits per heavy atom. The van der Waals surface area contributed by atoms with E-state index >= 15 is 0 Å². The number of carbonyl (C=O) groups is 1. The number of thiol groups is 1. The molecule has 0 aliphatic carbocycles. The van der Waals surface area contributed by atoms with Crippen molar-refractivity contribution in [3.05, 3.63) is 18.5 Å². The van der Waals surface area contributed by atoms with Crippen LogP contribution in [0.4, 0.5) is 0 Å². The molecule has 0 radical (unpaired) electrons. The highest BCUT2D eigenvalue weighted by Crippen LogP contribution is 2.06. The standard InChI is InChI=1S/C5H7N3OS/c6-4(9)5(10)8-3-1-2-7-8/h1-3,5,10H,(H2,6,9). The van der Waals surface area contributed by atoms with E-state index in [0.717, 1.165) is 0 Å². The van der Waals surface area contributed by atoms with E-state index in [1.54, 1.807) is 18.5 Å². The smallest absolute Gasteiger partial charge is 0.252 e. The summed E-state index contributed by atoms with van der Waals surface area (Å²) in [5.74, 6) is -0.507. The molecule has 1 amide bonds. The molecule has 0 fully saturated rings. The Kier molecular flexibility index (Phi) is 1.96. The number of rotatable bonds is 2. The molecule has 2 N–H and O–H groups in total. The van der Waals surface area contributed by atoms with Gasteiger partial charge >= 0.3 is 0 Å². The first-order valence-corrected chi connectivity index (χ1v) is 3.20. The number of nitrogens with two attached hydrogens (primary N) is 1. The Bertz CT molecular complexity index is 221. The Labute approximate surface area is 63.4 Å². The molecule has 1 atom stereocenters. The zero-order chi connectivity index (χ0) is 7.56. The summed E-state index contributed by atoms with van der Waals surface area (Å²) in [5.41, 5.74) is 4.95. The van der Waals surface area contributed by atoms with Crippen LogP contribution in [0.2, 0.25) is 0 Å². The molecule has 0 saturated carbocycles. The van der Waals surface area contributed by atoms with Crippen molar-refractivity contribution in [2.45, 2.75) is 5.37 Å². The molecule has 4 nitrogen and oxygen atoms in total. The minimum atomic E-state index is -0.657. The summed E-state index contributed by atoms with van der Waals surface area (Å²) in [5, 5.41) is 3.12. The first-order chi connectivity index (χ1) is 4.72. The summed E-state index contributed by atoms with van der Waals surface area (Å²) in [6.07, 6.45) is 3.19. The maximum atomic E-state index is 10.5. The molecule has 0 aromatic carbocycles. The number of nitrogens with zero attached hydrogens (tertiary/aromatic N) is 2. The zero-order valence-electron chi connectivity index (χ0n) is 5.14. The van der Waals surface area contributed by atoms with Crippen LogP contribution in [0.5, 0.6) is 0 Å². The average molecular weight is 157 g/mol. The average Bonchev–Trinajstić information content (AvgIpc) is 2.36. The summed E-state index contributed by atoms with van der Waals surface area (Å²) < 4.78 is 1.38. The van der Waals surface area contributed by atoms with E-state index in [-0.39, 0.29) is 0 Å². The van der Waals surface area contributed by atoms with Gasteiger partial charge in [0.1, 0.15) is 0 Å². The molecule has 1 rings (SSSR count). The second-order valence-electron chi connectivity index (χ2n) is 1.76. The van der Waals surface area contributed by atoms with Crippen molar-refractivity contribution in [3.8, 4) is 0 Å². The second-order valence-corrected chi connectivity index (χ2v) is 2.25. The van der Waals surface area contributed by atoms with Gasteiger partial charge in [0, 0.05) is 12.4 Å². The number of carbonyl (C=O) groups excluding carboxylic acids is 1. The van der Waals surface area contributed by atoms with Crippen LogP contribution in [0.3, 0.4) is 0 Å². The molecule has 54 valence electrons.